The van der Waals surface area contributed by atoms with Gasteiger partial charge < -0.3 is 15.5 Å². The lowest BCUT2D eigenvalue weighted by Gasteiger charge is -2.58. The molecule has 4 aliphatic rings. The molecular weight excluding hydrogens is 386 g/mol. The molecule has 2 unspecified atom stereocenters. The normalized spacial score (nSPS) is 31.5. The van der Waals surface area contributed by atoms with Crippen LogP contribution in [0.4, 0.5) is 5.69 Å². The van der Waals surface area contributed by atoms with Crippen LogP contribution < -0.4 is 11.1 Å². The molecule has 156 valence electrons. The molecule has 2 atom stereocenters. The first-order valence-electron chi connectivity index (χ1n) is 10.3. The van der Waals surface area contributed by atoms with Crippen molar-refractivity contribution in [2.75, 3.05) is 0 Å². The van der Waals surface area contributed by atoms with Gasteiger partial charge in [0.1, 0.15) is 5.76 Å². The number of non-ortho nitro benzene ring substituents is 1. The van der Waals surface area contributed by atoms with Gasteiger partial charge in [0.2, 0.25) is 5.91 Å². The molecule has 2 aromatic rings. The Morgan fingerprint density at radius 2 is 1.73 bits per heavy atom. The van der Waals surface area contributed by atoms with E-state index in [-0.39, 0.29) is 46.6 Å². The highest BCUT2D eigenvalue weighted by molar-refractivity contribution is 5.92. The first-order valence-corrected chi connectivity index (χ1v) is 10.3. The number of furan rings is 1. The second kappa shape index (κ2) is 6.68. The number of nitrogens with two attached hydrogens (primary N) is 1. The number of carbonyl (C=O) groups is 2. The Morgan fingerprint density at radius 3 is 2.33 bits per heavy atom. The van der Waals surface area contributed by atoms with E-state index < -0.39 is 4.92 Å². The first kappa shape index (κ1) is 18.8. The van der Waals surface area contributed by atoms with E-state index >= 15 is 0 Å². The smallest absolute Gasteiger partial charge is 0.287 e. The third-order valence-corrected chi connectivity index (χ3v) is 7.29. The summed E-state index contributed by atoms with van der Waals surface area (Å²) in [7, 11) is 0. The van der Waals surface area contributed by atoms with Crippen molar-refractivity contribution in [3.05, 3.63) is 52.3 Å². The van der Waals surface area contributed by atoms with E-state index in [9.17, 15) is 19.7 Å². The van der Waals surface area contributed by atoms with Gasteiger partial charge in [0.15, 0.2) is 5.76 Å². The molecular formula is C22H23N3O5. The van der Waals surface area contributed by atoms with Gasteiger partial charge in [0, 0.05) is 29.2 Å². The molecule has 0 spiro atoms. The molecule has 0 saturated heterocycles. The van der Waals surface area contributed by atoms with E-state index in [1.54, 1.807) is 24.3 Å². The van der Waals surface area contributed by atoms with Crippen molar-refractivity contribution < 1.29 is 18.9 Å². The Balaban J connectivity index is 1.30. The number of primary amides is 1. The van der Waals surface area contributed by atoms with Gasteiger partial charge in [0.25, 0.3) is 11.6 Å². The lowest BCUT2D eigenvalue weighted by molar-refractivity contribution is -0.384. The lowest BCUT2D eigenvalue weighted by atomic mass is 9.47. The van der Waals surface area contributed by atoms with Gasteiger partial charge in [-0.2, -0.15) is 0 Å². The molecule has 0 aliphatic heterocycles. The molecule has 3 N–H and O–H groups in total. The van der Waals surface area contributed by atoms with Gasteiger partial charge in [-0.15, -0.1) is 0 Å². The summed E-state index contributed by atoms with van der Waals surface area (Å²) in [4.78, 5) is 35.3. The number of nitro benzene ring substituents is 1. The number of nitro groups is 1. The number of hydrogen-bond donors (Lipinski definition) is 2. The van der Waals surface area contributed by atoms with E-state index in [1.165, 1.54) is 12.1 Å². The second-order valence-electron chi connectivity index (χ2n) is 9.08. The third kappa shape index (κ3) is 2.98. The summed E-state index contributed by atoms with van der Waals surface area (Å²) in [5.41, 5.74) is 6.01. The van der Waals surface area contributed by atoms with Crippen LogP contribution in [0, 0.1) is 33.3 Å². The molecule has 1 aromatic carbocycles. The number of benzene rings is 1. The van der Waals surface area contributed by atoms with E-state index in [1.807, 2.05) is 0 Å². The zero-order chi connectivity index (χ0) is 21.0. The molecule has 4 saturated carbocycles. The fourth-order valence-corrected chi connectivity index (χ4v) is 6.15. The van der Waals surface area contributed by atoms with Gasteiger partial charge in [-0.05, 0) is 74.1 Å². The zero-order valence-corrected chi connectivity index (χ0v) is 16.4. The van der Waals surface area contributed by atoms with Crippen LogP contribution in [-0.2, 0) is 4.79 Å². The van der Waals surface area contributed by atoms with Gasteiger partial charge in [-0.3, -0.25) is 19.7 Å². The molecule has 8 nitrogen and oxygen atoms in total. The molecule has 6 rings (SSSR count). The van der Waals surface area contributed by atoms with Crippen LogP contribution in [-0.4, -0.2) is 22.8 Å². The standard InChI is InChI=1S/C22H23N3O5/c23-21(27)22-9-12-7-14(10-22)19(15(8-12)11-22)24-20(26)18-6-5-17(30-18)13-1-3-16(4-2-13)25(28)29/h1-6,12,14-15,19H,7-11H2,(H2,23,27)(H,24,26). The quantitative estimate of drug-likeness (QED) is 0.578. The lowest BCUT2D eigenvalue weighted by Crippen LogP contribution is -2.62. The Kier molecular flexibility index (Phi) is 4.20. The summed E-state index contributed by atoms with van der Waals surface area (Å²) in [5.74, 6) is 1.31. The van der Waals surface area contributed by atoms with Crippen LogP contribution >= 0.6 is 0 Å². The Morgan fingerprint density at radius 1 is 1.07 bits per heavy atom. The summed E-state index contributed by atoms with van der Waals surface area (Å²) in [6, 6.07) is 9.35. The molecule has 30 heavy (non-hydrogen) atoms. The minimum Gasteiger partial charge on any atom is -0.451 e. The number of hydrogen-bond acceptors (Lipinski definition) is 5. The number of carbonyl (C=O) groups excluding carboxylic acids is 2. The first-order chi connectivity index (χ1) is 14.3. The molecule has 8 heteroatoms. The molecule has 1 heterocycles. The van der Waals surface area contributed by atoms with Gasteiger partial charge in [-0.1, -0.05) is 0 Å². The highest BCUT2D eigenvalue weighted by Gasteiger charge is 2.58. The summed E-state index contributed by atoms with van der Waals surface area (Å²) in [6.45, 7) is 0. The Bertz CT molecular complexity index is 1010. The van der Waals surface area contributed by atoms with Crippen LogP contribution in [0.2, 0.25) is 0 Å². The van der Waals surface area contributed by atoms with Crippen molar-refractivity contribution in [3.8, 4) is 11.3 Å². The number of amides is 2. The number of nitrogens with zero attached hydrogens (tertiary/aromatic N) is 1. The minimum absolute atomic E-state index is 0.00103. The van der Waals surface area contributed by atoms with Crippen molar-refractivity contribution in [1.29, 1.82) is 0 Å². The highest BCUT2D eigenvalue weighted by Crippen LogP contribution is 2.59. The van der Waals surface area contributed by atoms with Crippen molar-refractivity contribution in [1.82, 2.24) is 5.32 Å². The van der Waals surface area contributed by atoms with Crippen LogP contribution in [0.5, 0.6) is 0 Å². The van der Waals surface area contributed by atoms with E-state index in [0.717, 1.165) is 32.1 Å². The Labute approximate surface area is 173 Å². The molecule has 0 radical (unpaired) electrons. The monoisotopic (exact) mass is 409 g/mol. The van der Waals surface area contributed by atoms with Crippen molar-refractivity contribution in [2.24, 2.45) is 28.9 Å². The topological polar surface area (TPSA) is 128 Å². The maximum atomic E-state index is 12.9. The minimum atomic E-state index is -0.460. The second-order valence-corrected chi connectivity index (χ2v) is 9.08. The van der Waals surface area contributed by atoms with Gasteiger partial charge in [-0.25, -0.2) is 0 Å². The summed E-state index contributed by atoms with van der Waals surface area (Å²) in [5, 5.41) is 13.9. The number of rotatable bonds is 5. The third-order valence-electron chi connectivity index (χ3n) is 7.29. The maximum absolute atomic E-state index is 12.9. The Hall–Kier alpha value is -3.16. The summed E-state index contributed by atoms with van der Waals surface area (Å²) < 4.78 is 5.73. The summed E-state index contributed by atoms with van der Waals surface area (Å²) in [6.07, 6.45) is 4.47. The molecule has 1 aromatic heterocycles. The van der Waals surface area contributed by atoms with Crippen molar-refractivity contribution in [3.63, 3.8) is 0 Å². The fourth-order valence-electron chi connectivity index (χ4n) is 6.15. The predicted octanol–water partition coefficient (Wildman–Crippen LogP) is 3.26. The van der Waals surface area contributed by atoms with E-state index in [0.29, 0.717) is 17.2 Å². The molecule has 4 bridgehead atoms. The van der Waals surface area contributed by atoms with Crippen molar-refractivity contribution in [2.45, 2.75) is 38.1 Å². The van der Waals surface area contributed by atoms with E-state index in [2.05, 4.69) is 5.32 Å². The fraction of sp³-hybridized carbons (Fsp3) is 0.455. The zero-order valence-electron chi connectivity index (χ0n) is 16.4. The van der Waals surface area contributed by atoms with Gasteiger partial charge >= 0.3 is 0 Å². The molecule has 4 fully saturated rings. The maximum Gasteiger partial charge on any atom is 0.287 e. The molecule has 4 aliphatic carbocycles. The molecule has 2 amide bonds. The summed E-state index contributed by atoms with van der Waals surface area (Å²) >= 11 is 0. The van der Waals surface area contributed by atoms with Gasteiger partial charge in [0.05, 0.1) is 4.92 Å². The average molecular weight is 409 g/mol. The van der Waals surface area contributed by atoms with Crippen LogP contribution in [0.25, 0.3) is 11.3 Å². The largest absolute Gasteiger partial charge is 0.451 e. The average Bonchev–Trinajstić information content (AvgIpc) is 3.20. The SMILES string of the molecule is NC(=O)C12CC3CC(C1)C(NC(=O)c1ccc(-c4ccc([N+](=O)[O-])cc4)o1)C(C3)C2. The predicted molar refractivity (Wildman–Crippen MR) is 107 cm³/mol. The van der Waals surface area contributed by atoms with E-state index in [4.69, 9.17) is 10.2 Å². The van der Waals surface area contributed by atoms with Crippen molar-refractivity contribution >= 4 is 17.5 Å². The van der Waals surface area contributed by atoms with Crippen LogP contribution in [0.1, 0.15) is 42.7 Å². The highest BCUT2D eigenvalue weighted by atomic mass is 16.6. The van der Waals surface area contributed by atoms with Crippen LogP contribution in [0.3, 0.4) is 0 Å². The number of nitrogens with one attached hydrogen (secondary N) is 1. The van der Waals surface area contributed by atoms with Crippen LogP contribution in [0.15, 0.2) is 40.8 Å².